The van der Waals surface area contributed by atoms with E-state index >= 15 is 0 Å². The van der Waals surface area contributed by atoms with E-state index in [2.05, 4.69) is 9.88 Å². The van der Waals surface area contributed by atoms with Crippen LogP contribution in [-0.2, 0) is 6.54 Å². The molecule has 0 amide bonds. The Labute approximate surface area is 89.4 Å². The molecule has 3 nitrogen and oxygen atoms in total. The predicted octanol–water partition coefficient (Wildman–Crippen LogP) is 1.65. The Morgan fingerprint density at radius 1 is 1.57 bits per heavy atom. The Morgan fingerprint density at radius 3 is 2.64 bits per heavy atom. The molecular formula is C10H18N2OS. The van der Waals surface area contributed by atoms with E-state index in [0.29, 0.717) is 0 Å². The van der Waals surface area contributed by atoms with Crippen LogP contribution in [0.4, 0.5) is 0 Å². The van der Waals surface area contributed by atoms with Crippen molar-refractivity contribution >= 4 is 11.3 Å². The van der Waals surface area contributed by atoms with E-state index in [-0.39, 0.29) is 12.1 Å². The molecule has 0 aliphatic heterocycles. The average molecular weight is 214 g/mol. The first-order chi connectivity index (χ1) is 6.52. The van der Waals surface area contributed by atoms with Gasteiger partial charge in [-0.1, -0.05) is 0 Å². The maximum Gasteiger partial charge on any atom is 0.0798 e. The molecule has 0 aliphatic carbocycles. The Bertz CT molecular complexity index is 285. The maximum atomic E-state index is 9.44. The number of hydrogen-bond acceptors (Lipinski definition) is 4. The van der Waals surface area contributed by atoms with Crippen molar-refractivity contribution in [2.24, 2.45) is 0 Å². The standard InChI is InChI=1S/C10H18N2OS/c1-7-10(14-6-11-7)5-12(4)8(2)9(3)13/h6,8-9,13H,5H2,1-4H3. The highest BCUT2D eigenvalue weighted by Gasteiger charge is 2.15. The van der Waals surface area contributed by atoms with Crippen LogP contribution >= 0.6 is 11.3 Å². The van der Waals surface area contributed by atoms with Crippen molar-refractivity contribution in [3.05, 3.63) is 16.1 Å². The Hall–Kier alpha value is -0.450. The molecule has 0 bridgehead atoms. The highest BCUT2D eigenvalue weighted by Crippen LogP contribution is 2.16. The summed E-state index contributed by atoms with van der Waals surface area (Å²) in [5, 5.41) is 9.44. The van der Waals surface area contributed by atoms with Gasteiger partial charge in [-0.25, -0.2) is 4.98 Å². The zero-order chi connectivity index (χ0) is 10.7. The number of aryl methyl sites for hydroxylation is 1. The minimum atomic E-state index is -0.298. The normalized spacial score (nSPS) is 15.9. The van der Waals surface area contributed by atoms with Crippen molar-refractivity contribution < 1.29 is 5.11 Å². The zero-order valence-corrected chi connectivity index (χ0v) is 10.0. The SMILES string of the molecule is Cc1ncsc1CN(C)C(C)C(C)O. The monoisotopic (exact) mass is 214 g/mol. The fourth-order valence-electron chi connectivity index (χ4n) is 1.22. The topological polar surface area (TPSA) is 36.4 Å². The first-order valence-electron chi connectivity index (χ1n) is 4.79. The van der Waals surface area contributed by atoms with Gasteiger partial charge in [0.25, 0.3) is 0 Å². The molecule has 1 aromatic heterocycles. The Kier molecular flexibility index (Phi) is 4.04. The van der Waals surface area contributed by atoms with E-state index in [1.54, 1.807) is 11.3 Å². The lowest BCUT2D eigenvalue weighted by molar-refractivity contribution is 0.0832. The summed E-state index contributed by atoms with van der Waals surface area (Å²) >= 11 is 1.67. The molecule has 0 radical (unpaired) electrons. The van der Waals surface area contributed by atoms with Gasteiger partial charge in [-0.15, -0.1) is 11.3 Å². The molecule has 1 aromatic rings. The van der Waals surface area contributed by atoms with Crippen LogP contribution in [0.5, 0.6) is 0 Å². The molecule has 0 spiro atoms. The summed E-state index contributed by atoms with van der Waals surface area (Å²) in [7, 11) is 2.02. The van der Waals surface area contributed by atoms with Gasteiger partial charge in [-0.2, -0.15) is 0 Å². The lowest BCUT2D eigenvalue weighted by atomic mass is 10.2. The van der Waals surface area contributed by atoms with Crippen LogP contribution in [0.1, 0.15) is 24.4 Å². The number of aliphatic hydroxyl groups excluding tert-OH is 1. The van der Waals surface area contributed by atoms with Crippen LogP contribution in [0.3, 0.4) is 0 Å². The molecule has 2 unspecified atom stereocenters. The van der Waals surface area contributed by atoms with E-state index in [0.717, 1.165) is 12.2 Å². The van der Waals surface area contributed by atoms with Crippen molar-refractivity contribution in [3.63, 3.8) is 0 Å². The van der Waals surface area contributed by atoms with Crippen molar-refractivity contribution in [1.29, 1.82) is 0 Å². The summed E-state index contributed by atoms with van der Waals surface area (Å²) in [5.74, 6) is 0. The molecule has 4 heteroatoms. The lowest BCUT2D eigenvalue weighted by Crippen LogP contribution is -2.36. The minimum Gasteiger partial charge on any atom is -0.392 e. The second kappa shape index (κ2) is 4.87. The van der Waals surface area contributed by atoms with Gasteiger partial charge < -0.3 is 5.11 Å². The molecule has 0 aromatic carbocycles. The Balaban J connectivity index is 2.57. The van der Waals surface area contributed by atoms with Crippen molar-refractivity contribution in [3.8, 4) is 0 Å². The van der Waals surface area contributed by atoms with Crippen LogP contribution in [0.15, 0.2) is 5.51 Å². The van der Waals surface area contributed by atoms with Gasteiger partial charge in [-0.3, -0.25) is 4.90 Å². The molecule has 0 fully saturated rings. The summed E-state index contributed by atoms with van der Waals surface area (Å²) in [4.78, 5) is 7.63. The molecular weight excluding hydrogens is 196 g/mol. The average Bonchev–Trinajstić information content (AvgIpc) is 2.50. The number of thiazole rings is 1. The number of hydrogen-bond donors (Lipinski definition) is 1. The van der Waals surface area contributed by atoms with Gasteiger partial charge in [-0.05, 0) is 27.8 Å². The third-order valence-corrected chi connectivity index (χ3v) is 3.55. The van der Waals surface area contributed by atoms with E-state index < -0.39 is 0 Å². The third kappa shape index (κ3) is 2.77. The number of aliphatic hydroxyl groups is 1. The van der Waals surface area contributed by atoms with Crippen LogP contribution in [-0.4, -0.2) is 34.2 Å². The molecule has 0 aliphatic rings. The van der Waals surface area contributed by atoms with E-state index in [1.807, 2.05) is 33.3 Å². The van der Waals surface area contributed by atoms with E-state index in [1.165, 1.54) is 4.88 Å². The molecule has 80 valence electrons. The van der Waals surface area contributed by atoms with Gasteiger partial charge in [0, 0.05) is 17.5 Å². The summed E-state index contributed by atoms with van der Waals surface area (Å²) in [6.45, 7) is 6.73. The molecule has 1 heterocycles. The zero-order valence-electron chi connectivity index (χ0n) is 9.19. The second-order valence-electron chi connectivity index (χ2n) is 3.76. The molecule has 0 saturated carbocycles. The van der Waals surface area contributed by atoms with Crippen molar-refractivity contribution in [2.45, 2.75) is 39.5 Å². The lowest BCUT2D eigenvalue weighted by Gasteiger charge is -2.26. The Morgan fingerprint density at radius 2 is 2.21 bits per heavy atom. The number of nitrogens with zero attached hydrogens (tertiary/aromatic N) is 2. The predicted molar refractivity (Wildman–Crippen MR) is 59.5 cm³/mol. The quantitative estimate of drug-likeness (QED) is 0.828. The number of rotatable bonds is 4. The fourth-order valence-corrected chi connectivity index (χ4v) is 2.06. The summed E-state index contributed by atoms with van der Waals surface area (Å²) in [6.07, 6.45) is -0.298. The molecule has 0 saturated heterocycles. The van der Waals surface area contributed by atoms with Gasteiger partial charge in [0.2, 0.25) is 0 Å². The first-order valence-corrected chi connectivity index (χ1v) is 5.67. The first kappa shape index (κ1) is 11.6. The summed E-state index contributed by atoms with van der Waals surface area (Å²) in [6, 6.07) is 0.177. The van der Waals surface area contributed by atoms with Gasteiger partial charge in [0.15, 0.2) is 0 Å². The molecule has 2 atom stereocenters. The van der Waals surface area contributed by atoms with Crippen LogP contribution < -0.4 is 0 Å². The van der Waals surface area contributed by atoms with E-state index in [9.17, 15) is 5.11 Å². The highest BCUT2D eigenvalue weighted by molar-refractivity contribution is 7.09. The summed E-state index contributed by atoms with van der Waals surface area (Å²) in [5.41, 5.74) is 2.96. The molecule has 1 rings (SSSR count). The molecule has 1 N–H and O–H groups in total. The van der Waals surface area contributed by atoms with Crippen molar-refractivity contribution in [2.75, 3.05) is 7.05 Å². The smallest absolute Gasteiger partial charge is 0.0798 e. The van der Waals surface area contributed by atoms with Gasteiger partial charge >= 0.3 is 0 Å². The largest absolute Gasteiger partial charge is 0.392 e. The van der Waals surface area contributed by atoms with Crippen LogP contribution in [0.2, 0.25) is 0 Å². The van der Waals surface area contributed by atoms with Crippen LogP contribution in [0.25, 0.3) is 0 Å². The maximum absolute atomic E-state index is 9.44. The third-order valence-electron chi connectivity index (χ3n) is 2.63. The minimum absolute atomic E-state index is 0.177. The van der Waals surface area contributed by atoms with Gasteiger partial charge in [0.05, 0.1) is 17.3 Å². The highest BCUT2D eigenvalue weighted by atomic mass is 32.1. The fraction of sp³-hybridized carbons (Fsp3) is 0.700. The summed E-state index contributed by atoms with van der Waals surface area (Å²) < 4.78 is 0. The van der Waals surface area contributed by atoms with Gasteiger partial charge in [0.1, 0.15) is 0 Å². The molecule has 14 heavy (non-hydrogen) atoms. The number of likely N-dealkylation sites (N-methyl/N-ethyl adjacent to an activating group) is 1. The van der Waals surface area contributed by atoms with E-state index in [4.69, 9.17) is 0 Å². The van der Waals surface area contributed by atoms with Crippen LogP contribution in [0, 0.1) is 6.92 Å². The number of aromatic nitrogens is 1. The second-order valence-corrected chi connectivity index (χ2v) is 4.70. The van der Waals surface area contributed by atoms with Crippen molar-refractivity contribution in [1.82, 2.24) is 9.88 Å².